The third-order valence-electron chi connectivity index (χ3n) is 5.34. The Hall–Kier alpha value is -2.96. The Labute approximate surface area is 208 Å². The maximum atomic E-state index is 13.3. The number of rotatable bonds is 3. The first-order valence-electron chi connectivity index (χ1n) is 11.0. The molecule has 0 saturated carbocycles. The molecule has 3 aromatic rings. The minimum Gasteiger partial charge on any atom is -0.463 e. The van der Waals surface area contributed by atoms with Gasteiger partial charge < -0.3 is 14.2 Å². The zero-order valence-electron chi connectivity index (χ0n) is 19.4. The van der Waals surface area contributed by atoms with Crippen LogP contribution in [0.15, 0.2) is 54.3 Å². The van der Waals surface area contributed by atoms with E-state index in [0.29, 0.717) is 33.6 Å². The molecule has 0 radical (unpaired) electrons. The molecule has 0 amide bonds. The highest BCUT2D eigenvalue weighted by Crippen LogP contribution is 2.48. The summed E-state index contributed by atoms with van der Waals surface area (Å²) in [6.45, 7) is 7.37. The summed E-state index contributed by atoms with van der Waals surface area (Å²) in [5, 5.41) is 1.70. The quantitative estimate of drug-likeness (QED) is 0.283. The van der Waals surface area contributed by atoms with Crippen molar-refractivity contribution < 1.29 is 23.8 Å². The van der Waals surface area contributed by atoms with Gasteiger partial charge in [-0.3, -0.25) is 0 Å². The van der Waals surface area contributed by atoms with E-state index < -0.39 is 17.7 Å². The van der Waals surface area contributed by atoms with E-state index in [-0.39, 0.29) is 12.5 Å². The van der Waals surface area contributed by atoms with Gasteiger partial charge in [-0.1, -0.05) is 47.5 Å². The summed E-state index contributed by atoms with van der Waals surface area (Å²) < 4.78 is 18.3. The van der Waals surface area contributed by atoms with Crippen molar-refractivity contribution >= 4 is 46.2 Å². The second kappa shape index (κ2) is 9.35. The third-order valence-corrected chi connectivity index (χ3v) is 6.08. The zero-order valence-corrected chi connectivity index (χ0v) is 20.9. The summed E-state index contributed by atoms with van der Waals surface area (Å²) in [7, 11) is 0. The van der Waals surface area contributed by atoms with E-state index in [1.165, 1.54) is 10.6 Å². The topological polar surface area (TPSA) is 66.8 Å². The Morgan fingerprint density at radius 1 is 1.15 bits per heavy atom. The molecule has 34 heavy (non-hydrogen) atoms. The maximum Gasteiger partial charge on any atom is 0.421 e. The Bertz CT molecular complexity index is 1300. The molecular formula is C26H25Cl2NO5. The predicted molar refractivity (Wildman–Crippen MR) is 132 cm³/mol. The van der Waals surface area contributed by atoms with Gasteiger partial charge >= 0.3 is 12.1 Å². The zero-order chi connectivity index (χ0) is 24.6. The Kier molecular flexibility index (Phi) is 6.65. The van der Waals surface area contributed by atoms with Crippen molar-refractivity contribution in [2.24, 2.45) is 0 Å². The van der Waals surface area contributed by atoms with Gasteiger partial charge in [0.2, 0.25) is 5.88 Å². The number of benzene rings is 2. The number of hydrogen-bond donors (Lipinski definition) is 0. The molecule has 0 bridgehead atoms. The second-order valence-electron chi connectivity index (χ2n) is 8.95. The van der Waals surface area contributed by atoms with Crippen LogP contribution in [-0.2, 0) is 14.3 Å². The summed E-state index contributed by atoms with van der Waals surface area (Å²) in [6, 6.07) is 12.9. The summed E-state index contributed by atoms with van der Waals surface area (Å²) in [5.41, 5.74) is 1.61. The predicted octanol–water partition coefficient (Wildman–Crippen LogP) is 7.09. The second-order valence-corrected chi connectivity index (χ2v) is 9.76. The Morgan fingerprint density at radius 2 is 1.88 bits per heavy atom. The van der Waals surface area contributed by atoms with Crippen LogP contribution >= 0.6 is 23.2 Å². The van der Waals surface area contributed by atoms with Crippen LogP contribution in [0.3, 0.4) is 0 Å². The number of halogens is 2. The molecule has 0 saturated heterocycles. The van der Waals surface area contributed by atoms with Crippen molar-refractivity contribution in [3.05, 3.63) is 75.5 Å². The average Bonchev–Trinajstić information content (AvgIpc) is 3.08. The lowest BCUT2D eigenvalue weighted by molar-refractivity contribution is -0.137. The van der Waals surface area contributed by atoms with Crippen LogP contribution < -0.4 is 4.74 Å². The van der Waals surface area contributed by atoms with E-state index in [4.69, 9.17) is 37.4 Å². The fourth-order valence-corrected chi connectivity index (χ4v) is 4.36. The first-order chi connectivity index (χ1) is 16.1. The van der Waals surface area contributed by atoms with Crippen molar-refractivity contribution in [1.29, 1.82) is 0 Å². The standard InChI is InChI=1S/C26H25Cl2NO5/c1-5-32-22(30)14-16-13-18(15-10-11-19(27)20(28)12-15)23-17-8-6-7-9-21(17)29(24(23)33-16)25(31)34-26(2,3)4/h6-12,14,18H,5,13H2,1-4H3/b16-14+/t18-/m1/s1. The normalized spacial score (nSPS) is 16.8. The SMILES string of the molecule is CCOC(=O)/C=C1\C[C@H](c2ccc(Cl)c(Cl)c2)c2c(n(C(=O)OC(C)(C)C)c3ccccc23)O1. The number of esters is 1. The highest BCUT2D eigenvalue weighted by molar-refractivity contribution is 6.42. The molecule has 0 unspecified atom stereocenters. The van der Waals surface area contributed by atoms with E-state index in [1.54, 1.807) is 39.8 Å². The van der Waals surface area contributed by atoms with Crippen molar-refractivity contribution in [3.8, 4) is 5.88 Å². The summed E-state index contributed by atoms with van der Waals surface area (Å²) in [4.78, 5) is 25.5. The molecule has 8 heteroatoms. The lowest BCUT2D eigenvalue weighted by Crippen LogP contribution is -2.28. The summed E-state index contributed by atoms with van der Waals surface area (Å²) in [6.07, 6.45) is 1.11. The van der Waals surface area contributed by atoms with Gasteiger partial charge in [-0.15, -0.1) is 0 Å². The fraction of sp³-hybridized carbons (Fsp3) is 0.308. The smallest absolute Gasteiger partial charge is 0.421 e. The highest BCUT2D eigenvalue weighted by Gasteiger charge is 2.36. The minimum atomic E-state index is -0.712. The number of ether oxygens (including phenoxy) is 3. The lowest BCUT2D eigenvalue weighted by atomic mass is 9.86. The molecule has 6 nitrogen and oxygen atoms in total. The van der Waals surface area contributed by atoms with Crippen LogP contribution in [0.2, 0.25) is 10.0 Å². The first kappa shape index (κ1) is 24.2. The molecule has 2 aromatic carbocycles. The van der Waals surface area contributed by atoms with Crippen LogP contribution in [0.25, 0.3) is 10.9 Å². The van der Waals surface area contributed by atoms with Gasteiger partial charge in [0.15, 0.2) is 0 Å². The number of carbonyl (C=O) groups is 2. The number of nitrogens with zero attached hydrogens (tertiary/aromatic N) is 1. The number of para-hydroxylation sites is 1. The molecule has 1 aliphatic rings. The molecule has 0 fully saturated rings. The molecular weight excluding hydrogens is 477 g/mol. The molecule has 0 spiro atoms. The largest absolute Gasteiger partial charge is 0.463 e. The highest BCUT2D eigenvalue weighted by atomic mass is 35.5. The molecule has 0 N–H and O–H groups in total. The average molecular weight is 502 g/mol. The summed E-state index contributed by atoms with van der Waals surface area (Å²) in [5.74, 6) is -0.107. The number of aromatic nitrogens is 1. The van der Waals surface area contributed by atoms with Crippen molar-refractivity contribution in [2.75, 3.05) is 6.61 Å². The van der Waals surface area contributed by atoms with Crippen molar-refractivity contribution in [1.82, 2.24) is 4.57 Å². The molecule has 4 rings (SSSR count). The number of hydrogen-bond acceptors (Lipinski definition) is 5. The Morgan fingerprint density at radius 3 is 2.56 bits per heavy atom. The molecule has 1 atom stereocenters. The van der Waals surface area contributed by atoms with Crippen LogP contribution in [0.4, 0.5) is 4.79 Å². The van der Waals surface area contributed by atoms with Crippen LogP contribution in [0.1, 0.15) is 51.2 Å². The molecule has 1 aromatic heterocycles. The fourth-order valence-electron chi connectivity index (χ4n) is 4.05. The third kappa shape index (κ3) is 4.79. The van der Waals surface area contributed by atoms with Crippen molar-refractivity contribution in [2.45, 2.75) is 45.6 Å². The Balaban J connectivity index is 1.96. The number of fused-ring (bicyclic) bond motifs is 3. The lowest BCUT2D eigenvalue weighted by Gasteiger charge is -2.27. The van der Waals surface area contributed by atoms with E-state index >= 15 is 0 Å². The van der Waals surface area contributed by atoms with Gasteiger partial charge in [0.25, 0.3) is 0 Å². The van der Waals surface area contributed by atoms with Crippen LogP contribution in [-0.4, -0.2) is 28.8 Å². The van der Waals surface area contributed by atoms with Crippen LogP contribution in [0.5, 0.6) is 5.88 Å². The van der Waals surface area contributed by atoms with E-state index in [1.807, 2.05) is 30.3 Å². The number of allylic oxidation sites excluding steroid dienone is 1. The molecule has 0 aliphatic carbocycles. The van der Waals surface area contributed by atoms with Gasteiger partial charge in [0.05, 0.1) is 28.2 Å². The number of carbonyl (C=O) groups excluding carboxylic acids is 2. The van der Waals surface area contributed by atoms with Gasteiger partial charge in [-0.05, 0) is 51.5 Å². The minimum absolute atomic E-state index is 0.238. The van der Waals surface area contributed by atoms with Crippen LogP contribution in [0, 0.1) is 0 Å². The maximum absolute atomic E-state index is 13.3. The van der Waals surface area contributed by atoms with Gasteiger partial charge in [0, 0.05) is 23.3 Å². The molecule has 178 valence electrons. The van der Waals surface area contributed by atoms with Gasteiger partial charge in [-0.25, -0.2) is 14.2 Å². The molecule has 1 aliphatic heterocycles. The van der Waals surface area contributed by atoms with E-state index in [2.05, 4.69) is 0 Å². The van der Waals surface area contributed by atoms with Crippen molar-refractivity contribution in [3.63, 3.8) is 0 Å². The molecule has 2 heterocycles. The monoisotopic (exact) mass is 501 g/mol. The van der Waals surface area contributed by atoms with Gasteiger partial charge in [0.1, 0.15) is 11.4 Å². The first-order valence-corrected chi connectivity index (χ1v) is 11.7. The van der Waals surface area contributed by atoms with E-state index in [0.717, 1.165) is 16.5 Å². The van der Waals surface area contributed by atoms with E-state index in [9.17, 15) is 9.59 Å². The summed E-state index contributed by atoms with van der Waals surface area (Å²) >= 11 is 12.5. The van der Waals surface area contributed by atoms with Gasteiger partial charge in [-0.2, -0.15) is 0 Å².